The minimum atomic E-state index is -3.56. The van der Waals surface area contributed by atoms with Gasteiger partial charge in [0.2, 0.25) is 16.8 Å². The highest BCUT2D eigenvalue weighted by molar-refractivity contribution is 7.89. The molecule has 1 fully saturated rings. The van der Waals surface area contributed by atoms with Crippen molar-refractivity contribution in [2.75, 3.05) is 40.1 Å². The van der Waals surface area contributed by atoms with Crippen LogP contribution in [0.15, 0.2) is 35.2 Å². The Kier molecular flexibility index (Phi) is 6.14. The van der Waals surface area contributed by atoms with Gasteiger partial charge in [-0.1, -0.05) is 19.9 Å². The Bertz CT molecular complexity index is 1060. The van der Waals surface area contributed by atoms with Gasteiger partial charge < -0.3 is 14.2 Å². The van der Waals surface area contributed by atoms with Crippen molar-refractivity contribution in [1.82, 2.24) is 9.21 Å². The molecule has 0 aliphatic carbocycles. The van der Waals surface area contributed by atoms with Crippen LogP contribution in [-0.4, -0.2) is 57.7 Å². The molecule has 0 unspecified atom stereocenters. The number of hydrogen-bond donors (Lipinski definition) is 0. The molecule has 31 heavy (non-hydrogen) atoms. The summed E-state index contributed by atoms with van der Waals surface area (Å²) in [5.41, 5.74) is 2.75. The Morgan fingerprint density at radius 1 is 1.03 bits per heavy atom. The first-order chi connectivity index (χ1) is 14.8. The Hall–Kier alpha value is -2.29. The van der Waals surface area contributed by atoms with Gasteiger partial charge >= 0.3 is 0 Å². The standard InChI is InChI=1S/C23H30N2O5S/c1-16(2)19-13-23(17(3)11-21(19)28-4)31(26,27)25-9-7-24(8-10-25)14-18-5-6-20-22(12-18)30-15-29-20/h5-6,11-13,16H,7-10,14-15H2,1-4H3. The van der Waals surface area contributed by atoms with E-state index in [0.717, 1.165) is 34.9 Å². The fraction of sp³-hybridized carbons (Fsp3) is 0.478. The van der Waals surface area contributed by atoms with Crippen LogP contribution in [0.4, 0.5) is 0 Å². The van der Waals surface area contributed by atoms with Crippen molar-refractivity contribution in [2.45, 2.75) is 38.1 Å². The lowest BCUT2D eigenvalue weighted by molar-refractivity contribution is 0.173. The predicted molar refractivity (Wildman–Crippen MR) is 118 cm³/mol. The number of piperazine rings is 1. The summed E-state index contributed by atoms with van der Waals surface area (Å²) in [6, 6.07) is 9.58. The highest BCUT2D eigenvalue weighted by atomic mass is 32.2. The number of aryl methyl sites for hydroxylation is 1. The average Bonchev–Trinajstić information content (AvgIpc) is 3.21. The first-order valence-electron chi connectivity index (χ1n) is 10.6. The average molecular weight is 447 g/mol. The van der Waals surface area contributed by atoms with Crippen LogP contribution >= 0.6 is 0 Å². The smallest absolute Gasteiger partial charge is 0.243 e. The Morgan fingerprint density at radius 3 is 2.42 bits per heavy atom. The van der Waals surface area contributed by atoms with E-state index in [4.69, 9.17) is 14.2 Å². The fourth-order valence-corrected chi connectivity index (χ4v) is 5.81. The van der Waals surface area contributed by atoms with E-state index >= 15 is 0 Å². The molecule has 0 amide bonds. The molecule has 7 nitrogen and oxygen atoms in total. The molecule has 2 heterocycles. The van der Waals surface area contributed by atoms with E-state index in [-0.39, 0.29) is 12.7 Å². The maximum atomic E-state index is 13.4. The van der Waals surface area contributed by atoms with E-state index in [1.807, 2.05) is 45.0 Å². The molecule has 2 aromatic carbocycles. The molecule has 2 aromatic rings. The van der Waals surface area contributed by atoms with Crippen molar-refractivity contribution in [1.29, 1.82) is 0 Å². The molecule has 4 rings (SSSR count). The number of sulfonamides is 1. The maximum Gasteiger partial charge on any atom is 0.243 e. The van der Waals surface area contributed by atoms with E-state index in [2.05, 4.69) is 4.90 Å². The summed E-state index contributed by atoms with van der Waals surface area (Å²) in [5, 5.41) is 0. The fourth-order valence-electron chi connectivity index (χ4n) is 4.15. The van der Waals surface area contributed by atoms with Gasteiger partial charge in [-0.25, -0.2) is 8.42 Å². The molecule has 0 aromatic heterocycles. The van der Waals surface area contributed by atoms with Crippen LogP contribution in [0.5, 0.6) is 17.2 Å². The quantitative estimate of drug-likeness (QED) is 0.678. The Morgan fingerprint density at radius 2 is 1.74 bits per heavy atom. The molecule has 8 heteroatoms. The first kappa shape index (κ1) is 21.9. The van der Waals surface area contributed by atoms with E-state index in [1.165, 1.54) is 0 Å². The van der Waals surface area contributed by atoms with E-state index in [0.29, 0.717) is 36.6 Å². The zero-order valence-electron chi connectivity index (χ0n) is 18.6. The molecule has 0 spiro atoms. The molecule has 2 aliphatic rings. The SMILES string of the molecule is COc1cc(C)c(S(=O)(=O)N2CCN(Cc3ccc4c(c3)OCO4)CC2)cc1C(C)C. The molecule has 0 bridgehead atoms. The Balaban J connectivity index is 1.46. The third kappa shape index (κ3) is 4.37. The van der Waals surface area contributed by atoms with E-state index in [1.54, 1.807) is 17.5 Å². The lowest BCUT2D eigenvalue weighted by Crippen LogP contribution is -2.48. The Labute approximate surface area is 184 Å². The third-order valence-corrected chi connectivity index (χ3v) is 7.98. The summed E-state index contributed by atoms with van der Waals surface area (Å²) in [6.07, 6.45) is 0. The molecule has 1 saturated heterocycles. The lowest BCUT2D eigenvalue weighted by atomic mass is 10.0. The topological polar surface area (TPSA) is 68.3 Å². The molecule has 2 aliphatic heterocycles. The zero-order chi connectivity index (χ0) is 22.2. The number of nitrogens with zero attached hydrogens (tertiary/aromatic N) is 2. The van der Waals surface area contributed by atoms with Gasteiger partial charge in [0, 0.05) is 32.7 Å². The summed E-state index contributed by atoms with van der Waals surface area (Å²) in [4.78, 5) is 2.64. The van der Waals surface area contributed by atoms with E-state index in [9.17, 15) is 8.42 Å². The van der Waals surface area contributed by atoms with Crippen LogP contribution in [0.1, 0.15) is 36.5 Å². The molecule has 0 radical (unpaired) electrons. The number of benzene rings is 2. The predicted octanol–water partition coefficient (Wildman–Crippen LogP) is 3.36. The second-order valence-corrected chi connectivity index (χ2v) is 10.3. The van der Waals surface area contributed by atoms with Crippen molar-refractivity contribution in [3.8, 4) is 17.2 Å². The molecule has 0 atom stereocenters. The highest BCUT2D eigenvalue weighted by Gasteiger charge is 2.31. The third-order valence-electron chi connectivity index (χ3n) is 5.94. The van der Waals surface area contributed by atoms with Crippen LogP contribution < -0.4 is 14.2 Å². The molecular formula is C23H30N2O5S. The van der Waals surface area contributed by atoms with Crippen LogP contribution in [0.2, 0.25) is 0 Å². The minimum absolute atomic E-state index is 0.169. The first-order valence-corrected chi connectivity index (χ1v) is 12.0. The van der Waals surface area contributed by atoms with Gasteiger partial charge in [0.05, 0.1) is 12.0 Å². The van der Waals surface area contributed by atoms with Crippen molar-refractivity contribution < 1.29 is 22.6 Å². The van der Waals surface area contributed by atoms with Crippen molar-refractivity contribution in [3.05, 3.63) is 47.0 Å². The summed E-state index contributed by atoms with van der Waals surface area (Å²) >= 11 is 0. The maximum absolute atomic E-state index is 13.4. The number of fused-ring (bicyclic) bond motifs is 1. The normalized spacial score (nSPS) is 17.3. The number of hydrogen-bond acceptors (Lipinski definition) is 6. The zero-order valence-corrected chi connectivity index (χ0v) is 19.4. The van der Waals surface area contributed by atoms with E-state index < -0.39 is 10.0 Å². The van der Waals surface area contributed by atoms with Crippen molar-refractivity contribution >= 4 is 10.0 Å². The molecular weight excluding hydrogens is 416 g/mol. The van der Waals surface area contributed by atoms with Crippen LogP contribution in [0.25, 0.3) is 0 Å². The minimum Gasteiger partial charge on any atom is -0.496 e. The van der Waals surface area contributed by atoms with Crippen molar-refractivity contribution in [3.63, 3.8) is 0 Å². The summed E-state index contributed by atoms with van der Waals surface area (Å²) in [7, 11) is -1.94. The number of ether oxygens (including phenoxy) is 3. The summed E-state index contributed by atoms with van der Waals surface area (Å²) < 4.78 is 44.7. The molecule has 0 N–H and O–H groups in total. The van der Waals surface area contributed by atoms with Crippen LogP contribution in [-0.2, 0) is 16.6 Å². The monoisotopic (exact) mass is 446 g/mol. The van der Waals surface area contributed by atoms with Gasteiger partial charge in [-0.2, -0.15) is 4.31 Å². The lowest BCUT2D eigenvalue weighted by Gasteiger charge is -2.34. The second-order valence-electron chi connectivity index (χ2n) is 8.38. The second kappa shape index (κ2) is 8.68. The van der Waals surface area contributed by atoms with Gasteiger partial charge in [0.1, 0.15) is 5.75 Å². The number of methoxy groups -OCH3 is 1. The van der Waals surface area contributed by atoms with Crippen molar-refractivity contribution in [2.24, 2.45) is 0 Å². The molecule has 168 valence electrons. The van der Waals surface area contributed by atoms with Gasteiger partial charge in [-0.05, 0) is 53.8 Å². The highest BCUT2D eigenvalue weighted by Crippen LogP contribution is 2.34. The summed E-state index contributed by atoms with van der Waals surface area (Å²) in [5.74, 6) is 2.45. The molecule has 0 saturated carbocycles. The van der Waals surface area contributed by atoms with Gasteiger partial charge in [0.25, 0.3) is 0 Å². The number of rotatable bonds is 6. The van der Waals surface area contributed by atoms with Gasteiger partial charge in [-0.3, -0.25) is 4.90 Å². The van der Waals surface area contributed by atoms with Crippen LogP contribution in [0.3, 0.4) is 0 Å². The van der Waals surface area contributed by atoms with Gasteiger partial charge in [-0.15, -0.1) is 0 Å². The van der Waals surface area contributed by atoms with Crippen LogP contribution in [0, 0.1) is 6.92 Å². The van der Waals surface area contributed by atoms with Gasteiger partial charge in [0.15, 0.2) is 11.5 Å². The summed E-state index contributed by atoms with van der Waals surface area (Å²) in [6.45, 7) is 9.22. The largest absolute Gasteiger partial charge is 0.496 e.